The van der Waals surface area contributed by atoms with E-state index >= 15 is 0 Å². The lowest BCUT2D eigenvalue weighted by Crippen LogP contribution is -2.37. The first-order valence-corrected chi connectivity index (χ1v) is 9.30. The lowest BCUT2D eigenvalue weighted by molar-refractivity contribution is 0.380. The summed E-state index contributed by atoms with van der Waals surface area (Å²) in [7, 11) is 0. The van der Waals surface area contributed by atoms with Crippen molar-refractivity contribution in [3.63, 3.8) is 0 Å². The molecule has 136 valence electrons. The molecule has 0 unspecified atom stereocenters. The van der Waals surface area contributed by atoms with Crippen molar-refractivity contribution in [3.05, 3.63) is 51.1 Å². The van der Waals surface area contributed by atoms with E-state index in [1.807, 2.05) is 19.9 Å². The lowest BCUT2D eigenvalue weighted by Gasteiger charge is -2.12. The van der Waals surface area contributed by atoms with Crippen LogP contribution in [0.15, 0.2) is 32.2 Å². The number of hydrogen-bond donors (Lipinski definition) is 2. The second-order valence-electron chi connectivity index (χ2n) is 5.52. The average molecular weight is 411 g/mol. The van der Waals surface area contributed by atoms with Crippen LogP contribution in [0.4, 0.5) is 4.39 Å². The Morgan fingerprint density at radius 1 is 1.24 bits per heavy atom. The Morgan fingerprint density at radius 2 is 2.04 bits per heavy atom. The fourth-order valence-electron chi connectivity index (χ4n) is 2.47. The molecule has 0 saturated carbocycles. The first-order valence-electron chi connectivity index (χ1n) is 8.51. The van der Waals surface area contributed by atoms with Crippen molar-refractivity contribution in [2.45, 2.75) is 46.7 Å². The van der Waals surface area contributed by atoms with Gasteiger partial charge in [0.05, 0.1) is 12.2 Å². The van der Waals surface area contributed by atoms with Crippen LogP contribution in [0.3, 0.4) is 0 Å². The van der Waals surface area contributed by atoms with Gasteiger partial charge in [-0.25, -0.2) is 9.38 Å². The average Bonchev–Trinajstić information content (AvgIpc) is 3.00. The third-order valence-electron chi connectivity index (χ3n) is 3.81. The molecule has 0 radical (unpaired) electrons. The number of aliphatic imine (C=N–C) groups is 1. The Labute approximate surface area is 156 Å². The van der Waals surface area contributed by atoms with Gasteiger partial charge in [0.1, 0.15) is 11.6 Å². The van der Waals surface area contributed by atoms with Gasteiger partial charge in [0.25, 0.3) is 0 Å². The van der Waals surface area contributed by atoms with Crippen LogP contribution in [-0.4, -0.2) is 17.7 Å². The van der Waals surface area contributed by atoms with E-state index in [-0.39, 0.29) is 12.4 Å². The minimum atomic E-state index is -0.269. The second kappa shape index (κ2) is 9.56. The van der Waals surface area contributed by atoms with Crippen molar-refractivity contribution >= 4 is 21.9 Å². The van der Waals surface area contributed by atoms with E-state index in [1.165, 1.54) is 6.07 Å². The molecule has 0 aliphatic rings. The molecule has 0 fully saturated rings. The van der Waals surface area contributed by atoms with Crippen LogP contribution in [0.5, 0.6) is 0 Å². The van der Waals surface area contributed by atoms with E-state index in [0.717, 1.165) is 40.9 Å². The highest BCUT2D eigenvalue weighted by Gasteiger charge is 2.13. The van der Waals surface area contributed by atoms with Crippen molar-refractivity contribution < 1.29 is 8.91 Å². The lowest BCUT2D eigenvalue weighted by atomic mass is 10.1. The number of halogens is 2. The molecule has 25 heavy (non-hydrogen) atoms. The van der Waals surface area contributed by atoms with Crippen molar-refractivity contribution in [2.75, 3.05) is 6.54 Å². The number of hydrogen-bond acceptors (Lipinski definition) is 3. The SMILES string of the molecule is CCNC(=NCc1ccc(Br)cc1F)NCc1c(CC)noc1CC. The maximum Gasteiger partial charge on any atom is 0.191 e. The smallest absolute Gasteiger partial charge is 0.191 e. The minimum absolute atomic E-state index is 0.263. The van der Waals surface area contributed by atoms with E-state index < -0.39 is 0 Å². The van der Waals surface area contributed by atoms with Gasteiger partial charge >= 0.3 is 0 Å². The van der Waals surface area contributed by atoms with Crippen LogP contribution in [0, 0.1) is 5.82 Å². The second-order valence-corrected chi connectivity index (χ2v) is 6.44. The molecular weight excluding hydrogens is 387 g/mol. The maximum atomic E-state index is 13.9. The Balaban J connectivity index is 2.09. The van der Waals surface area contributed by atoms with Gasteiger partial charge in [0.15, 0.2) is 5.96 Å². The van der Waals surface area contributed by atoms with Crippen molar-refractivity contribution in [3.8, 4) is 0 Å². The number of aryl methyl sites for hydroxylation is 2. The molecule has 7 heteroatoms. The van der Waals surface area contributed by atoms with Gasteiger partial charge < -0.3 is 15.2 Å². The summed E-state index contributed by atoms with van der Waals surface area (Å²) in [4.78, 5) is 4.47. The van der Waals surface area contributed by atoms with Crippen LogP contribution in [0.2, 0.25) is 0 Å². The van der Waals surface area contributed by atoms with Gasteiger partial charge in [-0.05, 0) is 25.5 Å². The topological polar surface area (TPSA) is 62.5 Å². The molecule has 0 saturated heterocycles. The van der Waals surface area contributed by atoms with Gasteiger partial charge in [0, 0.05) is 35.1 Å². The first-order chi connectivity index (χ1) is 12.1. The number of nitrogens with one attached hydrogen (secondary N) is 2. The number of aromatic nitrogens is 1. The van der Waals surface area contributed by atoms with Gasteiger partial charge in [-0.1, -0.05) is 41.0 Å². The van der Waals surface area contributed by atoms with E-state index in [1.54, 1.807) is 6.07 Å². The summed E-state index contributed by atoms with van der Waals surface area (Å²) < 4.78 is 20.0. The summed E-state index contributed by atoms with van der Waals surface area (Å²) in [6.07, 6.45) is 1.61. The Bertz CT molecular complexity index is 708. The number of rotatable bonds is 7. The third kappa shape index (κ3) is 5.29. The molecule has 5 nitrogen and oxygen atoms in total. The molecule has 0 atom stereocenters. The summed E-state index contributed by atoms with van der Waals surface area (Å²) >= 11 is 3.26. The van der Waals surface area contributed by atoms with Crippen molar-refractivity contribution in [1.29, 1.82) is 0 Å². The summed E-state index contributed by atoms with van der Waals surface area (Å²) in [6.45, 7) is 7.64. The molecule has 1 aromatic carbocycles. The van der Waals surface area contributed by atoms with Gasteiger partial charge in [-0.2, -0.15) is 0 Å². The normalized spacial score (nSPS) is 11.6. The Hall–Kier alpha value is -1.89. The molecule has 1 aromatic heterocycles. The van der Waals surface area contributed by atoms with Gasteiger partial charge in [-0.15, -0.1) is 0 Å². The Morgan fingerprint density at radius 3 is 2.68 bits per heavy atom. The zero-order chi connectivity index (χ0) is 18.2. The standard InChI is InChI=1S/C18H24BrFN4O/c1-4-16-14(17(5-2)25-24-16)11-23-18(21-6-3)22-10-12-7-8-13(19)9-15(12)20/h7-9H,4-6,10-11H2,1-3H3,(H2,21,22,23). The van der Waals surface area contributed by atoms with E-state index in [2.05, 4.69) is 43.6 Å². The maximum absolute atomic E-state index is 13.9. The highest BCUT2D eigenvalue weighted by Crippen LogP contribution is 2.17. The number of benzene rings is 1. The summed E-state index contributed by atoms with van der Waals surface area (Å²) in [5.41, 5.74) is 2.58. The molecule has 0 aliphatic heterocycles. The van der Waals surface area contributed by atoms with Crippen LogP contribution in [0.25, 0.3) is 0 Å². The van der Waals surface area contributed by atoms with Crippen molar-refractivity contribution in [2.24, 2.45) is 4.99 Å². The highest BCUT2D eigenvalue weighted by molar-refractivity contribution is 9.10. The fraction of sp³-hybridized carbons (Fsp3) is 0.444. The zero-order valence-electron chi connectivity index (χ0n) is 14.8. The predicted octanol–water partition coefficient (Wildman–Crippen LogP) is 3.96. The van der Waals surface area contributed by atoms with E-state index in [0.29, 0.717) is 18.1 Å². The van der Waals surface area contributed by atoms with E-state index in [4.69, 9.17) is 4.52 Å². The molecule has 0 amide bonds. The van der Waals surface area contributed by atoms with Gasteiger partial charge in [0.2, 0.25) is 0 Å². The molecule has 2 N–H and O–H groups in total. The van der Waals surface area contributed by atoms with Gasteiger partial charge in [-0.3, -0.25) is 0 Å². The first kappa shape index (κ1) is 19.4. The molecule has 0 bridgehead atoms. The predicted molar refractivity (Wildman–Crippen MR) is 101 cm³/mol. The molecule has 2 rings (SSSR count). The number of guanidine groups is 1. The molecule has 2 aromatic rings. The highest BCUT2D eigenvalue weighted by atomic mass is 79.9. The third-order valence-corrected chi connectivity index (χ3v) is 4.30. The van der Waals surface area contributed by atoms with E-state index in [9.17, 15) is 4.39 Å². The van der Waals surface area contributed by atoms with Crippen LogP contribution >= 0.6 is 15.9 Å². The molecule has 0 spiro atoms. The molecular formula is C18H24BrFN4O. The summed E-state index contributed by atoms with van der Waals surface area (Å²) in [5, 5.41) is 10.6. The largest absolute Gasteiger partial charge is 0.361 e. The zero-order valence-corrected chi connectivity index (χ0v) is 16.4. The van der Waals surface area contributed by atoms with Crippen LogP contribution < -0.4 is 10.6 Å². The molecule has 1 heterocycles. The Kier molecular flexibility index (Phi) is 7.43. The number of nitrogens with zero attached hydrogens (tertiary/aromatic N) is 2. The summed E-state index contributed by atoms with van der Waals surface area (Å²) in [5.74, 6) is 1.25. The van der Waals surface area contributed by atoms with Crippen LogP contribution in [-0.2, 0) is 25.9 Å². The molecule has 0 aliphatic carbocycles. The minimum Gasteiger partial charge on any atom is -0.361 e. The van der Waals surface area contributed by atoms with Crippen LogP contribution in [0.1, 0.15) is 43.4 Å². The fourth-order valence-corrected chi connectivity index (χ4v) is 2.80. The quantitative estimate of drug-likeness (QED) is 0.535. The monoisotopic (exact) mass is 410 g/mol. The van der Waals surface area contributed by atoms with Crippen molar-refractivity contribution in [1.82, 2.24) is 15.8 Å². The summed E-state index contributed by atoms with van der Waals surface area (Å²) in [6, 6.07) is 4.99.